The first-order valence-electron chi connectivity index (χ1n) is 8.96. The van der Waals surface area contributed by atoms with E-state index >= 15 is 0 Å². The predicted octanol–water partition coefficient (Wildman–Crippen LogP) is 3.22. The highest BCUT2D eigenvalue weighted by atomic mass is 16.5. The molecule has 5 heteroatoms. The minimum absolute atomic E-state index is 0.347. The fourth-order valence-corrected chi connectivity index (χ4v) is 2.20. The fraction of sp³-hybridized carbons (Fsp3) is 0.273. The van der Waals surface area contributed by atoms with Gasteiger partial charge in [0.05, 0.1) is 22.6 Å². The van der Waals surface area contributed by atoms with E-state index in [1.807, 2.05) is 68.4 Å². The Labute approximate surface area is 162 Å². The van der Waals surface area contributed by atoms with E-state index in [1.54, 1.807) is 26.0 Å². The van der Waals surface area contributed by atoms with Crippen LogP contribution in [0, 0.1) is 10.8 Å². The van der Waals surface area contributed by atoms with Gasteiger partial charge in [0, 0.05) is 0 Å². The van der Waals surface area contributed by atoms with Crippen LogP contribution in [0.1, 0.15) is 38.8 Å². The van der Waals surface area contributed by atoms with Crippen LogP contribution in [0.25, 0.3) is 0 Å². The Morgan fingerprint density at radius 3 is 1.81 bits per heavy atom. The zero-order valence-electron chi connectivity index (χ0n) is 16.4. The number of hydrogen-bond acceptors (Lipinski definition) is 4. The highest BCUT2D eigenvalue weighted by molar-refractivity contribution is 6.47. The summed E-state index contributed by atoms with van der Waals surface area (Å²) < 4.78 is 5.86. The van der Waals surface area contributed by atoms with Crippen molar-refractivity contribution in [3.05, 3.63) is 77.9 Å². The average Bonchev–Trinajstić information content (AvgIpc) is 2.64. The maximum atomic E-state index is 10.1. The summed E-state index contributed by atoms with van der Waals surface area (Å²) in [7, 11) is 0.388. The van der Waals surface area contributed by atoms with Crippen molar-refractivity contribution in [2.45, 2.75) is 38.9 Å². The summed E-state index contributed by atoms with van der Waals surface area (Å²) in [6.45, 7) is 7.20. The third kappa shape index (κ3) is 5.74. The molecule has 0 spiro atoms. The largest absolute Gasteiger partial charge is 0.427 e. The van der Waals surface area contributed by atoms with E-state index in [4.69, 9.17) is 15.5 Å². The minimum atomic E-state index is -0.941. The summed E-state index contributed by atoms with van der Waals surface area (Å²) in [5.41, 5.74) is 1.69. The van der Waals surface area contributed by atoms with Crippen molar-refractivity contribution in [3.63, 3.8) is 0 Å². The van der Waals surface area contributed by atoms with Crippen molar-refractivity contribution in [3.8, 4) is 0 Å². The first-order valence-corrected chi connectivity index (χ1v) is 8.96. The van der Waals surface area contributed by atoms with Crippen LogP contribution in [-0.2, 0) is 4.65 Å². The molecule has 2 aromatic rings. The summed E-state index contributed by atoms with van der Waals surface area (Å²) >= 11 is 0. The minimum Gasteiger partial charge on any atom is -0.427 e. The molecule has 0 aromatic heterocycles. The van der Waals surface area contributed by atoms with Crippen LogP contribution in [-0.4, -0.2) is 35.2 Å². The molecule has 0 aliphatic carbocycles. The lowest BCUT2D eigenvalue weighted by atomic mass is 9.82. The maximum Gasteiger partial charge on any atom is 0.309 e. The predicted molar refractivity (Wildman–Crippen MR) is 114 cm³/mol. The smallest absolute Gasteiger partial charge is 0.309 e. The fourth-order valence-electron chi connectivity index (χ4n) is 2.20. The second-order valence-corrected chi connectivity index (χ2v) is 7.58. The molecule has 0 bridgehead atoms. The molecule has 0 aliphatic heterocycles. The number of nitrogens with one attached hydrogen (secondary N) is 2. The van der Waals surface area contributed by atoms with Gasteiger partial charge in [-0.1, -0.05) is 60.1 Å². The maximum absolute atomic E-state index is 10.1. The number of allylic oxidation sites excluding steroid dienone is 2. The Balaban J connectivity index is 1.97. The lowest BCUT2D eigenvalue weighted by Crippen LogP contribution is -2.49. The van der Waals surface area contributed by atoms with Gasteiger partial charge in [0.1, 0.15) is 0 Å². The van der Waals surface area contributed by atoms with E-state index in [1.165, 1.54) is 0 Å². The first kappa shape index (κ1) is 20.8. The SMILES string of the molecule is CC(C)(O)C(C)(C)OBc1ccc(C(=N)/C=C\C(=N)c2ccccc2)cc1. The summed E-state index contributed by atoms with van der Waals surface area (Å²) in [4.78, 5) is 0. The molecule has 0 unspecified atom stereocenters. The van der Waals surface area contributed by atoms with Gasteiger partial charge in [0.2, 0.25) is 0 Å². The summed E-state index contributed by atoms with van der Waals surface area (Å²) in [5, 5.41) is 26.4. The normalized spacial score (nSPS) is 12.2. The monoisotopic (exact) mass is 362 g/mol. The van der Waals surface area contributed by atoms with E-state index in [0.29, 0.717) is 18.9 Å². The Bertz CT molecular complexity index is 820. The molecule has 0 radical (unpaired) electrons. The molecule has 3 N–H and O–H groups in total. The topological polar surface area (TPSA) is 77.2 Å². The van der Waals surface area contributed by atoms with Gasteiger partial charge >= 0.3 is 7.48 Å². The molecule has 140 valence electrons. The Morgan fingerprint density at radius 1 is 0.852 bits per heavy atom. The van der Waals surface area contributed by atoms with E-state index in [-0.39, 0.29) is 0 Å². The van der Waals surface area contributed by atoms with E-state index < -0.39 is 11.2 Å². The van der Waals surface area contributed by atoms with E-state index in [0.717, 1.165) is 16.6 Å². The molecular weight excluding hydrogens is 335 g/mol. The summed E-state index contributed by atoms with van der Waals surface area (Å²) in [5.74, 6) is 0. The molecule has 0 aliphatic rings. The van der Waals surface area contributed by atoms with Gasteiger partial charge < -0.3 is 20.6 Å². The number of aliphatic hydroxyl groups is 1. The molecule has 0 saturated heterocycles. The average molecular weight is 362 g/mol. The zero-order valence-corrected chi connectivity index (χ0v) is 16.4. The van der Waals surface area contributed by atoms with Gasteiger partial charge in [-0.15, -0.1) is 0 Å². The van der Waals surface area contributed by atoms with Crippen molar-refractivity contribution in [2.24, 2.45) is 0 Å². The lowest BCUT2D eigenvalue weighted by Gasteiger charge is -2.37. The van der Waals surface area contributed by atoms with Crippen LogP contribution >= 0.6 is 0 Å². The number of rotatable bonds is 8. The Hall–Kier alpha value is -2.50. The van der Waals surface area contributed by atoms with Crippen LogP contribution in [0.3, 0.4) is 0 Å². The molecule has 0 fully saturated rings. The van der Waals surface area contributed by atoms with Gasteiger partial charge in [-0.05, 0) is 51.0 Å². The number of hydrogen-bond donors (Lipinski definition) is 3. The highest BCUT2D eigenvalue weighted by Gasteiger charge is 2.35. The summed E-state index contributed by atoms with van der Waals surface area (Å²) in [6.07, 6.45) is 3.28. The van der Waals surface area contributed by atoms with Crippen LogP contribution in [0.5, 0.6) is 0 Å². The Morgan fingerprint density at radius 2 is 1.33 bits per heavy atom. The van der Waals surface area contributed by atoms with Crippen molar-refractivity contribution in [1.29, 1.82) is 10.8 Å². The van der Waals surface area contributed by atoms with Crippen molar-refractivity contribution >= 4 is 24.4 Å². The zero-order chi connectivity index (χ0) is 20.1. The van der Waals surface area contributed by atoms with Gasteiger partial charge in [0.15, 0.2) is 0 Å². The van der Waals surface area contributed by atoms with Crippen molar-refractivity contribution in [2.75, 3.05) is 0 Å². The second kappa shape index (κ2) is 8.46. The van der Waals surface area contributed by atoms with E-state index in [9.17, 15) is 5.11 Å². The molecule has 4 nitrogen and oxygen atoms in total. The van der Waals surface area contributed by atoms with Gasteiger partial charge in [-0.25, -0.2) is 0 Å². The van der Waals surface area contributed by atoms with Crippen molar-refractivity contribution < 1.29 is 9.76 Å². The van der Waals surface area contributed by atoms with Crippen LogP contribution in [0.2, 0.25) is 0 Å². The molecular formula is C22H27BN2O2. The highest BCUT2D eigenvalue weighted by Crippen LogP contribution is 2.24. The molecule has 0 heterocycles. The van der Waals surface area contributed by atoms with Crippen LogP contribution < -0.4 is 5.46 Å². The van der Waals surface area contributed by atoms with Gasteiger partial charge in [-0.2, -0.15) is 0 Å². The van der Waals surface area contributed by atoms with Crippen molar-refractivity contribution in [1.82, 2.24) is 0 Å². The molecule has 27 heavy (non-hydrogen) atoms. The van der Waals surface area contributed by atoms with Gasteiger partial charge in [-0.3, -0.25) is 0 Å². The summed E-state index contributed by atoms with van der Waals surface area (Å²) in [6, 6.07) is 17.0. The number of benzene rings is 2. The van der Waals surface area contributed by atoms with Gasteiger partial charge in [0.25, 0.3) is 0 Å². The molecule has 0 amide bonds. The van der Waals surface area contributed by atoms with Crippen LogP contribution in [0.4, 0.5) is 0 Å². The lowest BCUT2D eigenvalue weighted by molar-refractivity contribution is -0.0893. The third-order valence-electron chi connectivity index (χ3n) is 4.84. The third-order valence-corrected chi connectivity index (χ3v) is 4.84. The van der Waals surface area contributed by atoms with Crippen LogP contribution in [0.15, 0.2) is 66.7 Å². The standard InChI is InChI=1S/C22H27BN2O2/c1-21(2,26)22(3,4)27-23-18-12-10-17(11-13-18)20(25)15-14-19(24)16-8-6-5-7-9-16/h5-15,23-26H,1-4H3/b15-14-,24-19?,25-20?. The quantitative estimate of drug-likeness (QED) is 0.498. The second-order valence-electron chi connectivity index (χ2n) is 7.58. The first-order chi connectivity index (χ1) is 12.6. The Kier molecular flexibility index (Phi) is 6.52. The molecule has 2 rings (SSSR count). The molecule has 0 atom stereocenters. The molecule has 2 aromatic carbocycles. The molecule has 0 saturated carbocycles. The van der Waals surface area contributed by atoms with E-state index in [2.05, 4.69) is 0 Å².